The maximum absolute atomic E-state index is 10.9. The standard InChI is InChI=1S/C14H17NO2S2/c1-19(16,17)15-9-4-10-18-14-8-7-12-5-2-3-6-13(12)11-14/h2-3,5-8,11,15H,4,9-10H2,1H3. The lowest BCUT2D eigenvalue weighted by molar-refractivity contribution is 0.587. The number of sulfonamides is 1. The summed E-state index contributed by atoms with van der Waals surface area (Å²) in [5.41, 5.74) is 0. The zero-order chi connectivity index (χ0) is 13.7. The van der Waals surface area contributed by atoms with Gasteiger partial charge in [0.05, 0.1) is 6.26 Å². The molecule has 2 rings (SSSR count). The van der Waals surface area contributed by atoms with E-state index in [1.54, 1.807) is 11.8 Å². The third-order valence-electron chi connectivity index (χ3n) is 2.68. The van der Waals surface area contributed by atoms with Gasteiger partial charge in [-0.1, -0.05) is 30.3 Å². The van der Waals surface area contributed by atoms with Crippen molar-refractivity contribution in [1.29, 1.82) is 0 Å². The van der Waals surface area contributed by atoms with Crippen molar-refractivity contribution < 1.29 is 8.42 Å². The van der Waals surface area contributed by atoms with E-state index in [4.69, 9.17) is 0 Å². The number of benzene rings is 2. The predicted octanol–water partition coefficient (Wildman–Crippen LogP) is 2.87. The van der Waals surface area contributed by atoms with E-state index in [2.05, 4.69) is 35.1 Å². The summed E-state index contributed by atoms with van der Waals surface area (Å²) in [6.07, 6.45) is 2.01. The van der Waals surface area contributed by atoms with Crippen molar-refractivity contribution in [2.24, 2.45) is 0 Å². The molecule has 0 radical (unpaired) electrons. The molecule has 19 heavy (non-hydrogen) atoms. The third kappa shape index (κ3) is 4.86. The fourth-order valence-electron chi connectivity index (χ4n) is 1.78. The number of nitrogens with one attached hydrogen (secondary N) is 1. The SMILES string of the molecule is CS(=O)(=O)NCCCSc1ccc2ccccc2c1. The first-order valence-electron chi connectivity index (χ1n) is 6.11. The Labute approximate surface area is 118 Å². The van der Waals surface area contributed by atoms with Crippen LogP contribution in [-0.4, -0.2) is 27.0 Å². The van der Waals surface area contributed by atoms with Crippen molar-refractivity contribution in [3.8, 4) is 0 Å². The van der Waals surface area contributed by atoms with E-state index in [0.717, 1.165) is 12.2 Å². The maximum atomic E-state index is 10.9. The molecule has 102 valence electrons. The normalized spacial score (nSPS) is 11.8. The highest BCUT2D eigenvalue weighted by molar-refractivity contribution is 7.99. The lowest BCUT2D eigenvalue weighted by atomic mass is 10.1. The van der Waals surface area contributed by atoms with Gasteiger partial charge in [-0.2, -0.15) is 0 Å². The van der Waals surface area contributed by atoms with Crippen LogP contribution < -0.4 is 4.72 Å². The molecule has 0 aromatic heterocycles. The molecule has 0 atom stereocenters. The number of fused-ring (bicyclic) bond motifs is 1. The maximum Gasteiger partial charge on any atom is 0.208 e. The summed E-state index contributed by atoms with van der Waals surface area (Å²) in [5, 5.41) is 2.48. The first-order chi connectivity index (χ1) is 9.04. The fourth-order valence-corrected chi connectivity index (χ4v) is 3.19. The van der Waals surface area contributed by atoms with Gasteiger partial charge in [-0.25, -0.2) is 13.1 Å². The van der Waals surface area contributed by atoms with Crippen molar-refractivity contribution in [2.75, 3.05) is 18.6 Å². The van der Waals surface area contributed by atoms with Gasteiger partial charge in [0.1, 0.15) is 0 Å². The molecule has 0 unspecified atom stereocenters. The van der Waals surface area contributed by atoms with Crippen LogP contribution in [0, 0.1) is 0 Å². The molecule has 0 fully saturated rings. The van der Waals surface area contributed by atoms with Crippen molar-refractivity contribution in [2.45, 2.75) is 11.3 Å². The highest BCUT2D eigenvalue weighted by atomic mass is 32.2. The van der Waals surface area contributed by atoms with E-state index in [1.165, 1.54) is 21.9 Å². The zero-order valence-corrected chi connectivity index (χ0v) is 12.4. The van der Waals surface area contributed by atoms with Crippen LogP contribution in [0.25, 0.3) is 10.8 Å². The molecule has 0 saturated heterocycles. The first kappa shape index (κ1) is 14.4. The number of rotatable bonds is 6. The number of thioether (sulfide) groups is 1. The van der Waals surface area contributed by atoms with Gasteiger partial charge < -0.3 is 0 Å². The highest BCUT2D eigenvalue weighted by Crippen LogP contribution is 2.23. The van der Waals surface area contributed by atoms with Crippen LogP contribution >= 0.6 is 11.8 Å². The molecule has 0 amide bonds. The van der Waals surface area contributed by atoms with Crippen LogP contribution in [0.4, 0.5) is 0 Å². The van der Waals surface area contributed by atoms with Crippen molar-refractivity contribution in [3.63, 3.8) is 0 Å². The van der Waals surface area contributed by atoms with Gasteiger partial charge in [0, 0.05) is 11.4 Å². The summed E-state index contributed by atoms with van der Waals surface area (Å²) >= 11 is 1.75. The van der Waals surface area contributed by atoms with Gasteiger partial charge in [0.2, 0.25) is 10.0 Å². The molecule has 0 heterocycles. The summed E-state index contributed by atoms with van der Waals surface area (Å²) < 4.78 is 24.3. The predicted molar refractivity (Wildman–Crippen MR) is 82.1 cm³/mol. The fraction of sp³-hybridized carbons (Fsp3) is 0.286. The van der Waals surface area contributed by atoms with E-state index in [0.29, 0.717) is 6.54 Å². The second-order valence-electron chi connectivity index (χ2n) is 4.38. The Kier molecular flexibility index (Phi) is 4.85. The topological polar surface area (TPSA) is 46.2 Å². The van der Waals surface area contributed by atoms with E-state index < -0.39 is 10.0 Å². The van der Waals surface area contributed by atoms with Crippen LogP contribution in [-0.2, 0) is 10.0 Å². The highest BCUT2D eigenvalue weighted by Gasteiger charge is 2.00. The number of hydrogen-bond acceptors (Lipinski definition) is 3. The van der Waals surface area contributed by atoms with Crippen molar-refractivity contribution >= 4 is 32.6 Å². The quantitative estimate of drug-likeness (QED) is 0.658. The van der Waals surface area contributed by atoms with Crippen molar-refractivity contribution in [1.82, 2.24) is 4.72 Å². The molecule has 3 nitrogen and oxygen atoms in total. The minimum absolute atomic E-state index is 0.499. The Bertz CT molecular complexity index is 653. The molecule has 2 aromatic rings. The Hall–Kier alpha value is -1.04. The molecule has 5 heteroatoms. The van der Waals surface area contributed by atoms with E-state index >= 15 is 0 Å². The molecule has 2 aromatic carbocycles. The van der Waals surface area contributed by atoms with Crippen LogP contribution in [0.2, 0.25) is 0 Å². The molecule has 0 aliphatic rings. The molecule has 0 spiro atoms. The van der Waals surface area contributed by atoms with Gasteiger partial charge in [-0.3, -0.25) is 0 Å². The number of hydrogen-bond donors (Lipinski definition) is 1. The van der Waals surface area contributed by atoms with Gasteiger partial charge in [-0.05, 0) is 35.1 Å². The van der Waals surface area contributed by atoms with Crippen LogP contribution in [0.1, 0.15) is 6.42 Å². The molecule has 0 aliphatic heterocycles. The van der Waals surface area contributed by atoms with Crippen LogP contribution in [0.15, 0.2) is 47.4 Å². The summed E-state index contributed by atoms with van der Waals surface area (Å²) in [7, 11) is -3.06. The first-order valence-corrected chi connectivity index (χ1v) is 8.98. The molecular weight excluding hydrogens is 278 g/mol. The lowest BCUT2D eigenvalue weighted by Gasteiger charge is -2.04. The summed E-state index contributed by atoms with van der Waals surface area (Å²) in [6.45, 7) is 0.499. The summed E-state index contributed by atoms with van der Waals surface area (Å²) in [5.74, 6) is 0.904. The van der Waals surface area contributed by atoms with Gasteiger partial charge in [0.25, 0.3) is 0 Å². The third-order valence-corrected chi connectivity index (χ3v) is 4.48. The van der Waals surface area contributed by atoms with Crippen LogP contribution in [0.3, 0.4) is 0 Å². The Balaban J connectivity index is 1.85. The zero-order valence-electron chi connectivity index (χ0n) is 10.8. The Morgan fingerprint density at radius 1 is 1.11 bits per heavy atom. The molecule has 0 bridgehead atoms. The summed E-state index contributed by atoms with van der Waals surface area (Å²) in [6, 6.07) is 14.7. The second-order valence-corrected chi connectivity index (χ2v) is 7.38. The average molecular weight is 295 g/mol. The van der Waals surface area contributed by atoms with Gasteiger partial charge >= 0.3 is 0 Å². The van der Waals surface area contributed by atoms with Gasteiger partial charge in [0.15, 0.2) is 0 Å². The molecule has 0 saturated carbocycles. The Morgan fingerprint density at radius 2 is 1.84 bits per heavy atom. The van der Waals surface area contributed by atoms with E-state index in [1.807, 2.05) is 12.1 Å². The van der Waals surface area contributed by atoms with E-state index in [9.17, 15) is 8.42 Å². The molecule has 0 aliphatic carbocycles. The molecule has 1 N–H and O–H groups in total. The minimum atomic E-state index is -3.06. The Morgan fingerprint density at radius 3 is 2.58 bits per heavy atom. The minimum Gasteiger partial charge on any atom is -0.215 e. The largest absolute Gasteiger partial charge is 0.215 e. The lowest BCUT2D eigenvalue weighted by Crippen LogP contribution is -2.23. The molecular formula is C14H17NO2S2. The van der Waals surface area contributed by atoms with Crippen LogP contribution in [0.5, 0.6) is 0 Å². The monoisotopic (exact) mass is 295 g/mol. The smallest absolute Gasteiger partial charge is 0.208 e. The average Bonchev–Trinajstić information content (AvgIpc) is 2.37. The summed E-state index contributed by atoms with van der Waals surface area (Å²) in [4.78, 5) is 1.22. The van der Waals surface area contributed by atoms with Crippen molar-refractivity contribution in [3.05, 3.63) is 42.5 Å². The second kappa shape index (κ2) is 6.41. The van der Waals surface area contributed by atoms with Gasteiger partial charge in [-0.15, -0.1) is 11.8 Å². The van der Waals surface area contributed by atoms with E-state index in [-0.39, 0.29) is 0 Å².